The molecule has 0 radical (unpaired) electrons. The number of carbonyl (C=O) groups excluding carboxylic acids is 1. The summed E-state index contributed by atoms with van der Waals surface area (Å²) >= 11 is 11.6. The molecule has 0 heterocycles. The van der Waals surface area contributed by atoms with Crippen molar-refractivity contribution in [1.82, 2.24) is 0 Å². The van der Waals surface area contributed by atoms with Crippen molar-refractivity contribution >= 4 is 61.7 Å². The molecule has 0 spiro atoms. The lowest BCUT2D eigenvalue weighted by Crippen LogP contribution is -2.14. The van der Waals surface area contributed by atoms with E-state index in [1.165, 1.54) is 0 Å². The highest BCUT2D eigenvalue weighted by Crippen LogP contribution is 2.25. The van der Waals surface area contributed by atoms with E-state index in [9.17, 15) is 4.79 Å². The van der Waals surface area contributed by atoms with E-state index in [1.807, 2.05) is 31.2 Å². The van der Waals surface area contributed by atoms with Gasteiger partial charge in [-0.3, -0.25) is 4.79 Å². The number of hydrogen-bond donors (Lipinski definition) is 1. The standard InChI is InChI=1S/C14H10BrClINO/c1-8-11(16)3-2-4-13(8)18-14(19)10-7-9(15)5-6-12(10)17/h2-7H,1H3,(H,18,19). The van der Waals surface area contributed by atoms with Crippen LogP contribution in [0.5, 0.6) is 0 Å². The van der Waals surface area contributed by atoms with E-state index in [2.05, 4.69) is 43.8 Å². The number of carbonyl (C=O) groups is 1. The monoisotopic (exact) mass is 449 g/mol. The van der Waals surface area contributed by atoms with Crippen molar-refractivity contribution in [3.63, 3.8) is 0 Å². The Labute approximate surface area is 138 Å². The Morgan fingerprint density at radius 2 is 2.05 bits per heavy atom. The molecule has 19 heavy (non-hydrogen) atoms. The second-order valence-corrected chi connectivity index (χ2v) is 6.48. The first-order valence-electron chi connectivity index (χ1n) is 5.50. The quantitative estimate of drug-likeness (QED) is 0.621. The zero-order valence-corrected chi connectivity index (χ0v) is 14.5. The summed E-state index contributed by atoms with van der Waals surface area (Å²) in [6, 6.07) is 11.1. The minimum absolute atomic E-state index is 0.143. The maximum absolute atomic E-state index is 12.3. The summed E-state index contributed by atoms with van der Waals surface area (Å²) < 4.78 is 1.78. The van der Waals surface area contributed by atoms with Gasteiger partial charge in [-0.05, 0) is 65.4 Å². The first-order chi connectivity index (χ1) is 8.99. The van der Waals surface area contributed by atoms with Gasteiger partial charge in [0.1, 0.15) is 0 Å². The van der Waals surface area contributed by atoms with Crippen LogP contribution in [0.2, 0.25) is 5.02 Å². The maximum Gasteiger partial charge on any atom is 0.256 e. The Bertz CT molecular complexity index is 645. The first-order valence-corrected chi connectivity index (χ1v) is 7.75. The molecule has 0 fully saturated rings. The predicted octanol–water partition coefficient (Wildman–Crippen LogP) is 5.27. The number of benzene rings is 2. The average molecular weight is 451 g/mol. The largest absolute Gasteiger partial charge is 0.322 e. The van der Waals surface area contributed by atoms with E-state index in [-0.39, 0.29) is 5.91 Å². The van der Waals surface area contributed by atoms with Gasteiger partial charge in [-0.25, -0.2) is 0 Å². The lowest BCUT2D eigenvalue weighted by atomic mass is 10.1. The van der Waals surface area contributed by atoms with Gasteiger partial charge in [0.25, 0.3) is 5.91 Å². The third-order valence-electron chi connectivity index (χ3n) is 2.69. The van der Waals surface area contributed by atoms with Crippen molar-refractivity contribution in [3.8, 4) is 0 Å². The minimum Gasteiger partial charge on any atom is -0.322 e. The summed E-state index contributed by atoms with van der Waals surface area (Å²) in [5, 5.41) is 3.53. The highest BCUT2D eigenvalue weighted by Gasteiger charge is 2.12. The van der Waals surface area contributed by atoms with Gasteiger partial charge < -0.3 is 5.32 Å². The molecule has 0 aliphatic carbocycles. The highest BCUT2D eigenvalue weighted by molar-refractivity contribution is 14.1. The van der Waals surface area contributed by atoms with Crippen LogP contribution < -0.4 is 5.32 Å². The normalized spacial score (nSPS) is 10.3. The third-order valence-corrected chi connectivity index (χ3v) is 4.53. The number of nitrogens with one attached hydrogen (secondary N) is 1. The molecule has 2 nitrogen and oxygen atoms in total. The molecule has 2 aromatic rings. The number of rotatable bonds is 2. The third kappa shape index (κ3) is 3.49. The van der Waals surface area contributed by atoms with Crippen LogP contribution in [0, 0.1) is 10.5 Å². The lowest BCUT2D eigenvalue weighted by molar-refractivity contribution is 0.102. The molecule has 0 aromatic heterocycles. The van der Waals surface area contributed by atoms with Gasteiger partial charge in [-0.1, -0.05) is 33.6 Å². The zero-order valence-electron chi connectivity index (χ0n) is 10.0. The van der Waals surface area contributed by atoms with Crippen LogP contribution in [0.4, 0.5) is 5.69 Å². The van der Waals surface area contributed by atoms with Crippen molar-refractivity contribution in [2.24, 2.45) is 0 Å². The van der Waals surface area contributed by atoms with E-state index in [4.69, 9.17) is 11.6 Å². The molecule has 0 saturated carbocycles. The fourth-order valence-corrected chi connectivity index (χ4v) is 2.72. The Morgan fingerprint density at radius 1 is 1.32 bits per heavy atom. The van der Waals surface area contributed by atoms with E-state index < -0.39 is 0 Å². The molecule has 0 saturated heterocycles. The Hall–Kier alpha value is -0.590. The summed E-state index contributed by atoms with van der Waals surface area (Å²) in [6.07, 6.45) is 0. The van der Waals surface area contributed by atoms with E-state index in [0.717, 1.165) is 19.3 Å². The molecule has 0 bridgehead atoms. The molecule has 0 unspecified atom stereocenters. The van der Waals surface area contributed by atoms with Crippen LogP contribution in [0.3, 0.4) is 0 Å². The van der Waals surface area contributed by atoms with Gasteiger partial charge in [0.2, 0.25) is 0 Å². The number of amides is 1. The van der Waals surface area contributed by atoms with Crippen molar-refractivity contribution in [3.05, 3.63) is 60.6 Å². The second kappa shape index (κ2) is 6.24. The van der Waals surface area contributed by atoms with E-state index in [0.29, 0.717) is 10.6 Å². The lowest BCUT2D eigenvalue weighted by Gasteiger charge is -2.10. The predicted molar refractivity (Wildman–Crippen MR) is 91.0 cm³/mol. The fraction of sp³-hybridized carbons (Fsp3) is 0.0714. The van der Waals surface area contributed by atoms with Gasteiger partial charge >= 0.3 is 0 Å². The molecule has 5 heteroatoms. The molecule has 1 amide bonds. The van der Waals surface area contributed by atoms with Crippen molar-refractivity contribution in [2.45, 2.75) is 6.92 Å². The fourth-order valence-electron chi connectivity index (χ4n) is 1.60. The van der Waals surface area contributed by atoms with Gasteiger partial charge in [-0.2, -0.15) is 0 Å². The first kappa shape index (κ1) is 14.8. The smallest absolute Gasteiger partial charge is 0.256 e. The molecular formula is C14H10BrClINO. The topological polar surface area (TPSA) is 29.1 Å². The molecule has 0 atom stereocenters. The summed E-state index contributed by atoms with van der Waals surface area (Å²) in [4.78, 5) is 12.3. The molecule has 2 aromatic carbocycles. The van der Waals surface area contributed by atoms with Crippen LogP contribution in [-0.2, 0) is 0 Å². The Morgan fingerprint density at radius 3 is 2.79 bits per heavy atom. The summed E-state index contributed by atoms with van der Waals surface area (Å²) in [7, 11) is 0. The van der Waals surface area contributed by atoms with E-state index >= 15 is 0 Å². The van der Waals surface area contributed by atoms with E-state index in [1.54, 1.807) is 12.1 Å². The number of anilines is 1. The van der Waals surface area contributed by atoms with Crippen molar-refractivity contribution in [1.29, 1.82) is 0 Å². The van der Waals surface area contributed by atoms with Crippen LogP contribution in [0.15, 0.2) is 40.9 Å². The summed E-state index contributed by atoms with van der Waals surface area (Å²) in [6.45, 7) is 1.88. The van der Waals surface area contributed by atoms with Crippen LogP contribution in [0.1, 0.15) is 15.9 Å². The van der Waals surface area contributed by atoms with Gasteiger partial charge in [0.05, 0.1) is 5.56 Å². The zero-order chi connectivity index (χ0) is 14.0. The second-order valence-electron chi connectivity index (χ2n) is 3.99. The SMILES string of the molecule is Cc1c(Cl)cccc1NC(=O)c1cc(Br)ccc1I. The van der Waals surface area contributed by atoms with Crippen molar-refractivity contribution < 1.29 is 4.79 Å². The van der Waals surface area contributed by atoms with Crippen LogP contribution >= 0.6 is 50.1 Å². The van der Waals surface area contributed by atoms with Gasteiger partial charge in [0.15, 0.2) is 0 Å². The molecular weight excluding hydrogens is 440 g/mol. The summed E-state index contributed by atoms with van der Waals surface area (Å²) in [5.41, 5.74) is 2.23. The summed E-state index contributed by atoms with van der Waals surface area (Å²) in [5.74, 6) is -0.143. The van der Waals surface area contributed by atoms with Crippen LogP contribution in [0.25, 0.3) is 0 Å². The van der Waals surface area contributed by atoms with Gasteiger partial charge in [-0.15, -0.1) is 0 Å². The molecule has 0 aliphatic heterocycles. The van der Waals surface area contributed by atoms with Crippen molar-refractivity contribution in [2.75, 3.05) is 5.32 Å². The maximum atomic E-state index is 12.3. The molecule has 0 aliphatic rings. The number of hydrogen-bond acceptors (Lipinski definition) is 1. The highest BCUT2D eigenvalue weighted by atomic mass is 127. The minimum atomic E-state index is -0.143. The number of halogens is 3. The molecule has 2 rings (SSSR count). The van der Waals surface area contributed by atoms with Crippen LogP contribution in [-0.4, -0.2) is 5.91 Å². The Balaban J connectivity index is 2.31. The Kier molecular flexibility index (Phi) is 4.86. The van der Waals surface area contributed by atoms with Gasteiger partial charge in [0, 0.05) is 18.8 Å². The molecule has 1 N–H and O–H groups in total. The molecule has 98 valence electrons. The average Bonchev–Trinajstić information content (AvgIpc) is 2.38.